The van der Waals surface area contributed by atoms with E-state index in [1.807, 2.05) is 6.07 Å². The van der Waals surface area contributed by atoms with Crippen LogP contribution in [-0.4, -0.2) is 25.6 Å². The molecule has 0 radical (unpaired) electrons. The maximum atomic E-state index is 12.2. The fourth-order valence-electron chi connectivity index (χ4n) is 2.36. The number of aromatic nitrogens is 1. The van der Waals surface area contributed by atoms with Crippen LogP contribution in [0.2, 0.25) is 10.0 Å². The van der Waals surface area contributed by atoms with Crippen molar-refractivity contribution in [2.45, 2.75) is 17.7 Å². The zero-order chi connectivity index (χ0) is 18.9. The number of anilines is 1. The molecule has 0 bridgehead atoms. The van der Waals surface area contributed by atoms with Gasteiger partial charge in [0.25, 0.3) is 0 Å². The van der Waals surface area contributed by atoms with Crippen molar-refractivity contribution in [3.63, 3.8) is 0 Å². The third-order valence-corrected chi connectivity index (χ3v) is 6.59. The van der Waals surface area contributed by atoms with Gasteiger partial charge >= 0.3 is 0 Å². The van der Waals surface area contributed by atoms with E-state index in [4.69, 9.17) is 23.2 Å². The molecule has 1 heterocycles. The summed E-state index contributed by atoms with van der Waals surface area (Å²) >= 11 is 13.3. The number of thiazole rings is 1. The third-order valence-electron chi connectivity index (χ3n) is 3.69. The lowest BCUT2D eigenvalue weighted by molar-refractivity contribution is -0.116. The molecule has 3 rings (SSSR count). The summed E-state index contributed by atoms with van der Waals surface area (Å²) in [5.41, 5.74) is 1.44. The fourth-order valence-corrected chi connectivity index (χ4v) is 4.42. The summed E-state index contributed by atoms with van der Waals surface area (Å²) in [6, 6.07) is 10.00. The van der Waals surface area contributed by atoms with Crippen LogP contribution in [0, 0.1) is 0 Å². The Bertz CT molecular complexity index is 1090. The van der Waals surface area contributed by atoms with Crippen LogP contribution in [0.5, 0.6) is 0 Å². The minimum Gasteiger partial charge on any atom is -0.302 e. The van der Waals surface area contributed by atoms with E-state index in [1.54, 1.807) is 24.3 Å². The van der Waals surface area contributed by atoms with Crippen LogP contribution in [0.4, 0.5) is 5.13 Å². The second kappa shape index (κ2) is 7.52. The molecule has 3 aromatic rings. The number of nitrogens with one attached hydrogen (secondary N) is 1. The minimum atomic E-state index is -3.29. The van der Waals surface area contributed by atoms with Crippen molar-refractivity contribution in [1.82, 2.24) is 4.98 Å². The number of hydrogen-bond donors (Lipinski definition) is 1. The van der Waals surface area contributed by atoms with E-state index in [-0.39, 0.29) is 17.2 Å². The first-order valence-corrected chi connectivity index (χ1v) is 11.0. The van der Waals surface area contributed by atoms with Crippen LogP contribution in [0.1, 0.15) is 12.0 Å². The molecule has 0 saturated heterocycles. The predicted molar refractivity (Wildman–Crippen MR) is 106 cm³/mol. The van der Waals surface area contributed by atoms with Gasteiger partial charge in [-0.05, 0) is 36.2 Å². The topological polar surface area (TPSA) is 76.1 Å². The highest BCUT2D eigenvalue weighted by Crippen LogP contribution is 2.29. The van der Waals surface area contributed by atoms with Crippen molar-refractivity contribution in [2.75, 3.05) is 11.6 Å². The number of fused-ring (bicyclic) bond motifs is 1. The van der Waals surface area contributed by atoms with E-state index in [0.29, 0.717) is 31.8 Å². The van der Waals surface area contributed by atoms with Gasteiger partial charge in [0.2, 0.25) is 5.91 Å². The summed E-state index contributed by atoms with van der Waals surface area (Å²) < 4.78 is 23.9. The predicted octanol–water partition coefficient (Wildman–Crippen LogP) is 4.58. The summed E-state index contributed by atoms with van der Waals surface area (Å²) in [5, 5.41) is 4.07. The second-order valence-electron chi connectivity index (χ2n) is 5.68. The van der Waals surface area contributed by atoms with Gasteiger partial charge in [-0.15, -0.1) is 0 Å². The highest BCUT2D eigenvalue weighted by Gasteiger charge is 2.13. The second-order valence-corrected chi connectivity index (χ2v) is 9.51. The van der Waals surface area contributed by atoms with Gasteiger partial charge in [-0.1, -0.05) is 46.7 Å². The van der Waals surface area contributed by atoms with E-state index in [2.05, 4.69) is 10.3 Å². The van der Waals surface area contributed by atoms with Gasteiger partial charge in [-0.25, -0.2) is 13.4 Å². The van der Waals surface area contributed by atoms with Gasteiger partial charge in [0.1, 0.15) is 0 Å². The lowest BCUT2D eigenvalue weighted by Gasteiger charge is -2.05. The first kappa shape index (κ1) is 19.1. The molecule has 1 amide bonds. The van der Waals surface area contributed by atoms with Crippen LogP contribution in [0.25, 0.3) is 10.2 Å². The Balaban J connectivity index is 1.70. The summed E-state index contributed by atoms with van der Waals surface area (Å²) in [6.45, 7) is 0. The summed E-state index contributed by atoms with van der Waals surface area (Å²) in [7, 11) is -3.29. The Hall–Kier alpha value is -1.67. The van der Waals surface area contributed by atoms with Crippen LogP contribution < -0.4 is 5.32 Å². The van der Waals surface area contributed by atoms with Gasteiger partial charge in [0.15, 0.2) is 15.0 Å². The van der Waals surface area contributed by atoms with E-state index < -0.39 is 9.84 Å². The number of carbonyl (C=O) groups excluding carboxylic acids is 1. The molecule has 0 aliphatic heterocycles. The minimum absolute atomic E-state index is 0.205. The Kier molecular flexibility index (Phi) is 5.53. The standard InChI is InChI=1S/C17H14Cl2N2O3S2/c1-26(23,24)11-6-7-13-14(9-11)25-17(20-13)21-15(22)8-5-10-3-2-4-12(18)16(10)19/h2-4,6-7,9H,5,8H2,1H3,(H,20,21,22). The molecule has 0 spiro atoms. The van der Waals surface area contributed by atoms with Gasteiger partial charge in [0.05, 0.1) is 25.2 Å². The molecule has 26 heavy (non-hydrogen) atoms. The number of sulfone groups is 1. The molecule has 5 nitrogen and oxygen atoms in total. The maximum Gasteiger partial charge on any atom is 0.226 e. The van der Waals surface area contributed by atoms with E-state index >= 15 is 0 Å². The first-order valence-electron chi connectivity index (χ1n) is 7.57. The lowest BCUT2D eigenvalue weighted by atomic mass is 10.1. The van der Waals surface area contributed by atoms with Gasteiger partial charge < -0.3 is 5.32 Å². The average molecular weight is 429 g/mol. The van der Waals surface area contributed by atoms with Crippen molar-refractivity contribution >= 4 is 65.6 Å². The number of benzene rings is 2. The monoisotopic (exact) mass is 428 g/mol. The van der Waals surface area contributed by atoms with Gasteiger partial charge in [-0.2, -0.15) is 0 Å². The molecule has 0 atom stereocenters. The zero-order valence-electron chi connectivity index (χ0n) is 13.6. The van der Waals surface area contributed by atoms with Crippen LogP contribution in [0.3, 0.4) is 0 Å². The van der Waals surface area contributed by atoms with E-state index in [9.17, 15) is 13.2 Å². The highest BCUT2D eigenvalue weighted by molar-refractivity contribution is 7.90. The number of hydrogen-bond acceptors (Lipinski definition) is 5. The fraction of sp³-hybridized carbons (Fsp3) is 0.176. The number of aryl methyl sites for hydroxylation is 1. The van der Waals surface area contributed by atoms with Crippen LogP contribution in [-0.2, 0) is 21.1 Å². The molecular weight excluding hydrogens is 415 g/mol. The molecule has 1 N–H and O–H groups in total. The zero-order valence-corrected chi connectivity index (χ0v) is 16.8. The number of amides is 1. The van der Waals surface area contributed by atoms with E-state index in [0.717, 1.165) is 11.8 Å². The highest BCUT2D eigenvalue weighted by atomic mass is 35.5. The number of carbonyl (C=O) groups is 1. The summed E-state index contributed by atoms with van der Waals surface area (Å²) in [5.74, 6) is -0.205. The van der Waals surface area contributed by atoms with Crippen LogP contribution >= 0.6 is 34.5 Å². The number of rotatable bonds is 5. The Morgan fingerprint density at radius 3 is 2.73 bits per heavy atom. The van der Waals surface area contributed by atoms with Crippen molar-refractivity contribution in [2.24, 2.45) is 0 Å². The summed E-state index contributed by atoms with van der Waals surface area (Å²) in [4.78, 5) is 16.7. The third kappa shape index (κ3) is 4.35. The molecule has 0 aliphatic rings. The van der Waals surface area contributed by atoms with Gasteiger partial charge in [-0.3, -0.25) is 4.79 Å². The summed E-state index contributed by atoms with van der Waals surface area (Å²) in [6.07, 6.45) is 1.83. The molecule has 0 aliphatic carbocycles. The largest absolute Gasteiger partial charge is 0.302 e. The number of halogens is 2. The van der Waals surface area contributed by atoms with E-state index in [1.165, 1.54) is 17.4 Å². The number of nitrogens with zero attached hydrogens (tertiary/aromatic N) is 1. The molecule has 0 saturated carbocycles. The van der Waals surface area contributed by atoms with Crippen molar-refractivity contribution in [3.05, 3.63) is 52.0 Å². The van der Waals surface area contributed by atoms with Crippen LogP contribution in [0.15, 0.2) is 41.3 Å². The molecule has 0 unspecified atom stereocenters. The smallest absolute Gasteiger partial charge is 0.226 e. The first-order chi connectivity index (χ1) is 12.2. The Labute approximate surface area is 164 Å². The molecule has 2 aromatic carbocycles. The molecule has 136 valence electrons. The Morgan fingerprint density at radius 1 is 1.23 bits per heavy atom. The average Bonchev–Trinajstić information content (AvgIpc) is 2.96. The lowest BCUT2D eigenvalue weighted by Crippen LogP contribution is -2.12. The van der Waals surface area contributed by atoms with Gasteiger partial charge in [0, 0.05) is 12.7 Å². The molecule has 1 aromatic heterocycles. The SMILES string of the molecule is CS(=O)(=O)c1ccc2nc(NC(=O)CCc3cccc(Cl)c3Cl)sc2c1. The molecule has 0 fully saturated rings. The molecule has 9 heteroatoms. The molecular formula is C17H14Cl2N2O3S2. The van der Waals surface area contributed by atoms with Crippen molar-refractivity contribution in [3.8, 4) is 0 Å². The Morgan fingerprint density at radius 2 is 2.00 bits per heavy atom. The maximum absolute atomic E-state index is 12.2. The van der Waals surface area contributed by atoms with Crippen molar-refractivity contribution in [1.29, 1.82) is 0 Å². The van der Waals surface area contributed by atoms with Crippen molar-refractivity contribution < 1.29 is 13.2 Å². The normalized spacial score (nSPS) is 11.7. The quantitative estimate of drug-likeness (QED) is 0.644.